The highest BCUT2D eigenvalue weighted by atomic mass is 14.7. The van der Waals surface area contributed by atoms with Gasteiger partial charge in [0, 0.05) is 12.6 Å². The van der Waals surface area contributed by atoms with Crippen LogP contribution in [0, 0.1) is 18.8 Å². The lowest BCUT2D eigenvalue weighted by Gasteiger charge is -1.92. The van der Waals surface area contributed by atoms with Crippen LogP contribution in [-0.4, -0.2) is 4.98 Å². The van der Waals surface area contributed by atoms with E-state index in [1.54, 1.807) is 6.20 Å². The Morgan fingerprint density at radius 2 is 2.08 bits per heavy atom. The highest BCUT2D eigenvalue weighted by Crippen LogP contribution is 1.99. The average molecular weight is 175 g/mol. The fourth-order valence-corrected chi connectivity index (χ4v) is 0.789. The van der Waals surface area contributed by atoms with Gasteiger partial charge in [0.15, 0.2) is 0 Å². The van der Waals surface area contributed by atoms with E-state index in [2.05, 4.69) is 16.8 Å². The van der Waals surface area contributed by atoms with Crippen molar-refractivity contribution in [1.29, 1.82) is 0 Å². The predicted octanol–water partition coefficient (Wildman–Crippen LogP) is 3.18. The van der Waals surface area contributed by atoms with Gasteiger partial charge in [-0.3, -0.25) is 0 Å². The predicted molar refractivity (Wildman–Crippen MR) is 57.5 cm³/mol. The zero-order valence-corrected chi connectivity index (χ0v) is 8.89. The minimum Gasteiger partial charge on any atom is -0.248 e. The molecule has 0 aliphatic carbocycles. The molecule has 1 nitrogen and oxygen atoms in total. The van der Waals surface area contributed by atoms with E-state index in [9.17, 15) is 0 Å². The highest BCUT2D eigenvalue weighted by molar-refractivity contribution is 5.33. The molecule has 0 spiro atoms. The third-order valence-corrected chi connectivity index (χ3v) is 1.39. The molecule has 1 aromatic rings. The highest BCUT2D eigenvalue weighted by Gasteiger charge is 1.90. The van der Waals surface area contributed by atoms with Crippen LogP contribution in [-0.2, 0) is 0 Å². The summed E-state index contributed by atoms with van der Waals surface area (Å²) in [6.45, 7) is 8.05. The second-order valence-corrected chi connectivity index (χ2v) is 2.32. The molecule has 0 saturated carbocycles. The van der Waals surface area contributed by atoms with Crippen molar-refractivity contribution in [3.63, 3.8) is 0 Å². The second kappa shape index (κ2) is 7.36. The Balaban J connectivity index is 0.000000671. The second-order valence-electron chi connectivity index (χ2n) is 2.32. The Morgan fingerprint density at radius 3 is 2.62 bits per heavy atom. The van der Waals surface area contributed by atoms with Crippen LogP contribution in [0.4, 0.5) is 0 Å². The lowest BCUT2D eigenvalue weighted by Crippen LogP contribution is -1.84. The van der Waals surface area contributed by atoms with Crippen molar-refractivity contribution < 1.29 is 0 Å². The summed E-state index contributed by atoms with van der Waals surface area (Å²) >= 11 is 0. The van der Waals surface area contributed by atoms with Crippen molar-refractivity contribution in [2.45, 2.75) is 34.1 Å². The summed E-state index contributed by atoms with van der Waals surface area (Å²) in [7, 11) is 0. The number of pyridine rings is 1. The van der Waals surface area contributed by atoms with E-state index in [1.165, 1.54) is 0 Å². The maximum Gasteiger partial charge on any atom is 0.116 e. The third-order valence-electron chi connectivity index (χ3n) is 1.39. The molecule has 0 saturated heterocycles. The van der Waals surface area contributed by atoms with Gasteiger partial charge in [-0.05, 0) is 24.5 Å². The summed E-state index contributed by atoms with van der Waals surface area (Å²) in [5, 5.41) is 0. The van der Waals surface area contributed by atoms with Crippen molar-refractivity contribution in [2.24, 2.45) is 0 Å². The zero-order valence-electron chi connectivity index (χ0n) is 8.89. The molecule has 0 aliphatic heterocycles. The van der Waals surface area contributed by atoms with E-state index in [1.807, 2.05) is 39.8 Å². The summed E-state index contributed by atoms with van der Waals surface area (Å²) in [6, 6.07) is 3.94. The van der Waals surface area contributed by atoms with Gasteiger partial charge >= 0.3 is 0 Å². The molecular weight excluding hydrogens is 158 g/mol. The first-order valence-corrected chi connectivity index (χ1v) is 4.75. The van der Waals surface area contributed by atoms with Gasteiger partial charge in [-0.25, -0.2) is 4.98 Å². The number of rotatable bonds is 0. The smallest absolute Gasteiger partial charge is 0.116 e. The lowest BCUT2D eigenvalue weighted by molar-refractivity contribution is 1.22. The molecule has 1 heterocycles. The van der Waals surface area contributed by atoms with Gasteiger partial charge < -0.3 is 0 Å². The van der Waals surface area contributed by atoms with Crippen molar-refractivity contribution in [2.75, 3.05) is 0 Å². The Bertz CT molecular complexity index is 291. The van der Waals surface area contributed by atoms with Crippen LogP contribution in [0.15, 0.2) is 18.3 Å². The molecule has 1 aromatic heterocycles. The topological polar surface area (TPSA) is 12.9 Å². The monoisotopic (exact) mass is 175 g/mol. The Kier molecular flexibility index (Phi) is 6.63. The molecule has 0 atom stereocenters. The number of hydrogen-bond acceptors (Lipinski definition) is 1. The molecule has 0 amide bonds. The summed E-state index contributed by atoms with van der Waals surface area (Å²) in [5.74, 6) is 5.99. The molecule has 1 heteroatoms. The van der Waals surface area contributed by atoms with Gasteiger partial charge in [-0.2, -0.15) is 0 Å². The van der Waals surface area contributed by atoms with Gasteiger partial charge in [0.1, 0.15) is 5.69 Å². The third kappa shape index (κ3) is 4.32. The average Bonchev–Trinajstić information content (AvgIpc) is 2.20. The molecule has 1 rings (SSSR count). The largest absolute Gasteiger partial charge is 0.248 e. The summed E-state index contributed by atoms with van der Waals surface area (Å²) in [6.07, 6.45) is 2.66. The van der Waals surface area contributed by atoms with Crippen molar-refractivity contribution in [3.8, 4) is 11.8 Å². The molecule has 0 aliphatic rings. The summed E-state index contributed by atoms with van der Waals surface area (Å²) in [5.41, 5.74) is 2.04. The molecule has 0 unspecified atom stereocenters. The quantitative estimate of drug-likeness (QED) is 0.552. The van der Waals surface area contributed by atoms with Crippen molar-refractivity contribution in [1.82, 2.24) is 4.98 Å². The molecule has 0 N–H and O–H groups in total. The first kappa shape index (κ1) is 11.7. The van der Waals surface area contributed by atoms with Crippen molar-refractivity contribution >= 4 is 0 Å². The van der Waals surface area contributed by atoms with Gasteiger partial charge in [-0.1, -0.05) is 32.8 Å². The first-order chi connectivity index (χ1) is 6.34. The standard InChI is InChI=1S/C10H11N.C2H6/c1-3-4-7-10-9(2)6-5-8-11-10;1-2/h5-6,8H,3H2,1-2H3;1-2H3. The van der Waals surface area contributed by atoms with Crippen LogP contribution in [0.2, 0.25) is 0 Å². The lowest BCUT2D eigenvalue weighted by atomic mass is 10.2. The van der Waals surface area contributed by atoms with Crippen LogP contribution in [0.5, 0.6) is 0 Å². The van der Waals surface area contributed by atoms with Crippen molar-refractivity contribution in [3.05, 3.63) is 29.6 Å². The normalized spacial score (nSPS) is 7.69. The minimum atomic E-state index is 0.885. The molecular formula is C12H17N. The van der Waals surface area contributed by atoms with E-state index < -0.39 is 0 Å². The van der Waals surface area contributed by atoms with E-state index in [0.29, 0.717) is 0 Å². The summed E-state index contributed by atoms with van der Waals surface area (Å²) < 4.78 is 0. The first-order valence-electron chi connectivity index (χ1n) is 4.75. The Labute approximate surface area is 81.2 Å². The van der Waals surface area contributed by atoms with Gasteiger partial charge in [0.2, 0.25) is 0 Å². The Hall–Kier alpha value is -1.29. The number of aryl methyl sites for hydroxylation is 1. The van der Waals surface area contributed by atoms with E-state index in [0.717, 1.165) is 17.7 Å². The fourth-order valence-electron chi connectivity index (χ4n) is 0.789. The molecule has 0 radical (unpaired) electrons. The number of hydrogen-bond donors (Lipinski definition) is 0. The fraction of sp³-hybridized carbons (Fsp3) is 0.417. The minimum absolute atomic E-state index is 0.885. The molecule has 0 aromatic carbocycles. The molecule has 0 fully saturated rings. The van der Waals surface area contributed by atoms with Crippen LogP contribution < -0.4 is 0 Å². The number of aromatic nitrogens is 1. The van der Waals surface area contributed by atoms with Crippen LogP contribution in [0.25, 0.3) is 0 Å². The molecule has 13 heavy (non-hydrogen) atoms. The molecule has 0 bridgehead atoms. The maximum atomic E-state index is 4.14. The van der Waals surface area contributed by atoms with Crippen LogP contribution >= 0.6 is 0 Å². The SMILES string of the molecule is CC.CCC#Cc1ncccc1C. The zero-order chi connectivity index (χ0) is 10.1. The van der Waals surface area contributed by atoms with E-state index in [4.69, 9.17) is 0 Å². The van der Waals surface area contributed by atoms with Crippen LogP contribution in [0.1, 0.15) is 38.4 Å². The maximum absolute atomic E-state index is 4.14. The van der Waals surface area contributed by atoms with E-state index >= 15 is 0 Å². The van der Waals surface area contributed by atoms with Gasteiger partial charge in [0.25, 0.3) is 0 Å². The van der Waals surface area contributed by atoms with E-state index in [-0.39, 0.29) is 0 Å². The van der Waals surface area contributed by atoms with Crippen LogP contribution in [0.3, 0.4) is 0 Å². The Morgan fingerprint density at radius 1 is 1.38 bits per heavy atom. The molecule has 70 valence electrons. The van der Waals surface area contributed by atoms with Gasteiger partial charge in [0.05, 0.1) is 0 Å². The van der Waals surface area contributed by atoms with Gasteiger partial charge in [-0.15, -0.1) is 0 Å². The summed E-state index contributed by atoms with van der Waals surface area (Å²) in [4.78, 5) is 4.14. The number of nitrogens with zero attached hydrogens (tertiary/aromatic N) is 1.